The van der Waals surface area contributed by atoms with Crippen molar-refractivity contribution in [2.45, 2.75) is 25.7 Å². The molecule has 0 bridgehead atoms. The van der Waals surface area contributed by atoms with Crippen LogP contribution in [-0.4, -0.2) is 33.9 Å². The number of hydrogen-bond donors (Lipinski definition) is 1. The smallest absolute Gasteiger partial charge is 0.289 e. The van der Waals surface area contributed by atoms with Crippen LogP contribution in [0.2, 0.25) is 0 Å². The third-order valence-electron chi connectivity index (χ3n) is 4.73. The van der Waals surface area contributed by atoms with Gasteiger partial charge in [0, 0.05) is 19.0 Å². The van der Waals surface area contributed by atoms with Crippen molar-refractivity contribution >= 4 is 5.91 Å². The van der Waals surface area contributed by atoms with Crippen LogP contribution in [0.4, 0.5) is 0 Å². The first kappa shape index (κ1) is 15.7. The second kappa shape index (κ2) is 6.59. The van der Waals surface area contributed by atoms with E-state index in [-0.39, 0.29) is 11.8 Å². The van der Waals surface area contributed by atoms with Crippen LogP contribution in [0.25, 0.3) is 11.3 Å². The van der Waals surface area contributed by atoms with Gasteiger partial charge in [-0.25, -0.2) is 4.98 Å². The largest absolute Gasteiger partial charge is 0.456 e. The van der Waals surface area contributed by atoms with Crippen molar-refractivity contribution in [3.8, 4) is 11.3 Å². The number of piperidine rings is 1. The number of rotatable bonds is 3. The number of likely N-dealkylation sites (tertiary alicyclic amines) is 1. The Morgan fingerprint density at radius 3 is 2.84 bits per heavy atom. The molecule has 5 nitrogen and oxygen atoms in total. The summed E-state index contributed by atoms with van der Waals surface area (Å²) in [6, 6.07) is 13.7. The highest BCUT2D eigenvalue weighted by Crippen LogP contribution is 2.28. The molecule has 1 atom stereocenters. The molecule has 2 aromatic heterocycles. The minimum absolute atomic E-state index is 0.0346. The van der Waals surface area contributed by atoms with Crippen LogP contribution in [0, 0.1) is 6.92 Å². The monoisotopic (exact) mass is 335 g/mol. The Labute approximate surface area is 146 Å². The van der Waals surface area contributed by atoms with E-state index in [9.17, 15) is 4.79 Å². The van der Waals surface area contributed by atoms with E-state index in [2.05, 4.69) is 22.1 Å². The quantitative estimate of drug-likeness (QED) is 0.787. The zero-order valence-electron chi connectivity index (χ0n) is 14.2. The molecule has 0 saturated carbocycles. The molecule has 5 heteroatoms. The van der Waals surface area contributed by atoms with Crippen molar-refractivity contribution in [2.24, 2.45) is 0 Å². The van der Waals surface area contributed by atoms with Crippen molar-refractivity contribution in [2.75, 3.05) is 13.1 Å². The van der Waals surface area contributed by atoms with E-state index in [1.54, 1.807) is 6.07 Å². The number of hydrogen-bond acceptors (Lipinski definition) is 3. The van der Waals surface area contributed by atoms with Crippen LogP contribution in [0.5, 0.6) is 0 Å². The molecule has 1 N–H and O–H groups in total. The van der Waals surface area contributed by atoms with Gasteiger partial charge >= 0.3 is 0 Å². The molecular formula is C20H21N3O2. The highest BCUT2D eigenvalue weighted by molar-refractivity contribution is 5.91. The first-order valence-corrected chi connectivity index (χ1v) is 8.67. The number of H-pyrrole nitrogens is 1. The molecule has 1 aliphatic heterocycles. The second-order valence-electron chi connectivity index (χ2n) is 6.55. The minimum atomic E-state index is -0.0346. The third kappa shape index (κ3) is 3.22. The fourth-order valence-corrected chi connectivity index (χ4v) is 3.40. The van der Waals surface area contributed by atoms with E-state index in [0.29, 0.717) is 12.3 Å². The van der Waals surface area contributed by atoms with Gasteiger partial charge in [0.25, 0.3) is 5.91 Å². The van der Waals surface area contributed by atoms with Gasteiger partial charge in [0.2, 0.25) is 0 Å². The van der Waals surface area contributed by atoms with Crippen molar-refractivity contribution in [1.82, 2.24) is 14.9 Å². The summed E-state index contributed by atoms with van der Waals surface area (Å²) in [4.78, 5) is 22.5. The van der Waals surface area contributed by atoms with Gasteiger partial charge in [-0.15, -0.1) is 0 Å². The van der Waals surface area contributed by atoms with Gasteiger partial charge in [0.05, 0.1) is 11.9 Å². The average molecular weight is 335 g/mol. The number of aryl methyl sites for hydroxylation is 1. The Kier molecular flexibility index (Phi) is 4.14. The van der Waals surface area contributed by atoms with Gasteiger partial charge in [-0.05, 0) is 37.5 Å². The lowest BCUT2D eigenvalue weighted by Crippen LogP contribution is -2.39. The maximum Gasteiger partial charge on any atom is 0.289 e. The molecule has 0 radical (unpaired) electrons. The topological polar surface area (TPSA) is 62.1 Å². The van der Waals surface area contributed by atoms with Crippen LogP contribution in [0.15, 0.2) is 53.1 Å². The van der Waals surface area contributed by atoms with Gasteiger partial charge in [-0.3, -0.25) is 4.79 Å². The summed E-state index contributed by atoms with van der Waals surface area (Å²) in [5.74, 6) is 2.32. The van der Waals surface area contributed by atoms with Crippen LogP contribution in [-0.2, 0) is 0 Å². The highest BCUT2D eigenvalue weighted by atomic mass is 16.3. The maximum atomic E-state index is 12.6. The van der Waals surface area contributed by atoms with Crippen molar-refractivity contribution in [3.63, 3.8) is 0 Å². The summed E-state index contributed by atoms with van der Waals surface area (Å²) >= 11 is 0. The van der Waals surface area contributed by atoms with Crippen molar-refractivity contribution in [3.05, 3.63) is 66.0 Å². The number of nitrogens with zero attached hydrogens (tertiary/aromatic N) is 2. The molecule has 0 unspecified atom stereocenters. The van der Waals surface area contributed by atoms with E-state index < -0.39 is 0 Å². The first-order chi connectivity index (χ1) is 12.2. The Balaban J connectivity index is 1.50. The van der Waals surface area contributed by atoms with Crippen molar-refractivity contribution in [1.29, 1.82) is 0 Å². The molecule has 0 aliphatic carbocycles. The molecule has 1 saturated heterocycles. The molecule has 1 aliphatic rings. The summed E-state index contributed by atoms with van der Waals surface area (Å²) in [6.07, 6.45) is 3.88. The normalized spacial score (nSPS) is 17.6. The Bertz CT molecular complexity index is 866. The Morgan fingerprint density at radius 2 is 2.08 bits per heavy atom. The summed E-state index contributed by atoms with van der Waals surface area (Å²) in [5, 5.41) is 0. The van der Waals surface area contributed by atoms with Crippen LogP contribution in [0.1, 0.15) is 40.9 Å². The van der Waals surface area contributed by atoms with Gasteiger partial charge in [-0.1, -0.05) is 30.3 Å². The lowest BCUT2D eigenvalue weighted by Gasteiger charge is -2.31. The number of aromatic nitrogens is 2. The second-order valence-corrected chi connectivity index (χ2v) is 6.55. The number of furan rings is 1. The van der Waals surface area contributed by atoms with E-state index in [0.717, 1.165) is 42.2 Å². The lowest BCUT2D eigenvalue weighted by atomic mass is 9.97. The summed E-state index contributed by atoms with van der Waals surface area (Å²) in [5.41, 5.74) is 2.14. The number of nitrogens with one attached hydrogen (secondary N) is 1. The fraction of sp³-hybridized carbons (Fsp3) is 0.300. The average Bonchev–Trinajstić information content (AvgIpc) is 3.31. The molecule has 3 heterocycles. The number of imidazole rings is 1. The van der Waals surface area contributed by atoms with E-state index in [1.807, 2.05) is 42.3 Å². The standard InChI is InChI=1S/C20H21N3O2/c1-14-9-10-18(25-14)20(24)23-11-5-8-16(13-23)19-21-12-17(22-19)15-6-3-2-4-7-15/h2-4,6-7,9-10,12,16H,5,8,11,13H2,1H3,(H,21,22)/t16-/m0/s1. The predicted octanol–water partition coefficient (Wildman–Crippen LogP) is 4.00. The molecular weight excluding hydrogens is 314 g/mol. The maximum absolute atomic E-state index is 12.6. The Morgan fingerprint density at radius 1 is 1.24 bits per heavy atom. The van der Waals surface area contributed by atoms with Gasteiger partial charge in [0.15, 0.2) is 5.76 Å². The zero-order chi connectivity index (χ0) is 17.2. The predicted molar refractivity (Wildman–Crippen MR) is 95.3 cm³/mol. The van der Waals surface area contributed by atoms with E-state index >= 15 is 0 Å². The van der Waals surface area contributed by atoms with Gasteiger partial charge < -0.3 is 14.3 Å². The number of amides is 1. The van der Waals surface area contributed by atoms with E-state index in [1.165, 1.54) is 0 Å². The van der Waals surface area contributed by atoms with Crippen LogP contribution >= 0.6 is 0 Å². The third-order valence-corrected chi connectivity index (χ3v) is 4.73. The number of aromatic amines is 1. The molecule has 128 valence electrons. The summed E-state index contributed by atoms with van der Waals surface area (Å²) < 4.78 is 5.49. The number of carbonyl (C=O) groups excluding carboxylic acids is 1. The SMILES string of the molecule is Cc1ccc(C(=O)N2CCC[C@H](c3ncc(-c4ccccc4)[nH]3)C2)o1. The number of carbonyl (C=O) groups is 1. The lowest BCUT2D eigenvalue weighted by molar-refractivity contribution is 0.0671. The summed E-state index contributed by atoms with van der Waals surface area (Å²) in [7, 11) is 0. The molecule has 1 aromatic carbocycles. The van der Waals surface area contributed by atoms with Gasteiger partial charge in [-0.2, -0.15) is 0 Å². The Hall–Kier alpha value is -2.82. The molecule has 3 aromatic rings. The number of benzene rings is 1. The summed E-state index contributed by atoms with van der Waals surface area (Å²) in [6.45, 7) is 3.28. The van der Waals surface area contributed by atoms with Gasteiger partial charge in [0.1, 0.15) is 11.6 Å². The zero-order valence-corrected chi connectivity index (χ0v) is 14.2. The molecule has 4 rings (SSSR count). The van der Waals surface area contributed by atoms with Crippen molar-refractivity contribution < 1.29 is 9.21 Å². The minimum Gasteiger partial charge on any atom is -0.456 e. The molecule has 25 heavy (non-hydrogen) atoms. The molecule has 0 spiro atoms. The first-order valence-electron chi connectivity index (χ1n) is 8.67. The molecule has 1 fully saturated rings. The van der Waals surface area contributed by atoms with Crippen LogP contribution in [0.3, 0.4) is 0 Å². The highest BCUT2D eigenvalue weighted by Gasteiger charge is 2.28. The molecule has 1 amide bonds. The van der Waals surface area contributed by atoms with E-state index in [4.69, 9.17) is 4.42 Å². The van der Waals surface area contributed by atoms with Crippen LogP contribution < -0.4 is 0 Å². The fourth-order valence-electron chi connectivity index (χ4n) is 3.40.